The number of fused-ring (bicyclic) bond motifs is 1. The van der Waals surface area contributed by atoms with Crippen molar-refractivity contribution in [2.24, 2.45) is 0 Å². The number of rotatable bonds is 0. The highest BCUT2D eigenvalue weighted by Crippen LogP contribution is 2.40. The summed E-state index contributed by atoms with van der Waals surface area (Å²) in [4.78, 5) is 13.2. The van der Waals surface area contributed by atoms with Crippen LogP contribution in [0.3, 0.4) is 0 Å². The maximum Gasteiger partial charge on any atom is 0.249 e. The quantitative estimate of drug-likeness (QED) is 0.520. The fraction of sp³-hybridized carbons (Fsp3) is 0.667. The van der Waals surface area contributed by atoms with Crippen LogP contribution in [0.2, 0.25) is 0 Å². The van der Waals surface area contributed by atoms with Crippen LogP contribution in [0.5, 0.6) is 0 Å². The summed E-state index contributed by atoms with van der Waals surface area (Å²) < 4.78 is 0. The molecule has 0 aromatic heterocycles. The number of amides is 1. The van der Waals surface area contributed by atoms with E-state index in [0.29, 0.717) is 13.0 Å². The van der Waals surface area contributed by atoms with Crippen molar-refractivity contribution in [3.05, 3.63) is 11.1 Å². The predicted octanol–water partition coefficient (Wildman–Crippen LogP) is -0.206. The molecule has 2 radical (unpaired) electrons. The Balaban J connectivity index is 2.45. The second kappa shape index (κ2) is 2.38. The number of aliphatic hydroxyl groups is 1. The molecule has 0 aromatic rings. The van der Waals surface area contributed by atoms with E-state index in [1.807, 2.05) is 6.92 Å². The van der Waals surface area contributed by atoms with E-state index in [1.54, 1.807) is 11.8 Å². The van der Waals surface area contributed by atoms with Gasteiger partial charge in [-0.05, 0) is 25.8 Å². The lowest BCUT2D eigenvalue weighted by molar-refractivity contribution is -0.126. The van der Waals surface area contributed by atoms with Gasteiger partial charge >= 0.3 is 0 Å². The zero-order valence-corrected chi connectivity index (χ0v) is 7.87. The molecule has 0 aliphatic carbocycles. The number of hydrogen-bond acceptors (Lipinski definition) is 2. The summed E-state index contributed by atoms with van der Waals surface area (Å²) in [5.74, 6) is -0.0310. The molecule has 4 heteroatoms. The van der Waals surface area contributed by atoms with Gasteiger partial charge in [-0.3, -0.25) is 4.79 Å². The van der Waals surface area contributed by atoms with Gasteiger partial charge < -0.3 is 10.0 Å². The van der Waals surface area contributed by atoms with E-state index < -0.39 is 11.5 Å². The molecule has 1 amide bonds. The molecule has 2 aliphatic heterocycles. The topological polar surface area (TPSA) is 40.5 Å². The van der Waals surface area contributed by atoms with Crippen molar-refractivity contribution in [2.75, 3.05) is 6.54 Å². The first-order valence-electron chi connectivity index (χ1n) is 4.43. The summed E-state index contributed by atoms with van der Waals surface area (Å²) in [7, 11) is 6.07. The monoisotopic (exact) mass is 177 g/mol. The number of aliphatic hydroxyl groups excluding tert-OH is 1. The first-order valence-corrected chi connectivity index (χ1v) is 4.43. The zero-order valence-electron chi connectivity index (χ0n) is 7.87. The Bertz CT molecular complexity index is 313. The van der Waals surface area contributed by atoms with E-state index in [2.05, 4.69) is 0 Å². The fourth-order valence-electron chi connectivity index (χ4n) is 2.21. The van der Waals surface area contributed by atoms with Crippen molar-refractivity contribution >= 4 is 13.8 Å². The van der Waals surface area contributed by atoms with Crippen LogP contribution >= 0.6 is 0 Å². The first-order chi connectivity index (χ1) is 5.97. The molecule has 3 nitrogen and oxygen atoms in total. The summed E-state index contributed by atoms with van der Waals surface area (Å²) >= 11 is 0. The molecule has 0 aromatic carbocycles. The lowest BCUT2D eigenvalue weighted by Gasteiger charge is -2.29. The smallest absolute Gasteiger partial charge is 0.249 e. The van der Waals surface area contributed by atoms with Crippen LogP contribution in [-0.2, 0) is 4.79 Å². The number of nitrogens with zero attached hydrogens (tertiary/aromatic N) is 1. The standard InChI is InChI=1S/C9H12BNO2/c1-5-6(2)9(10)3-7(12)4-11(9)8(5)13/h7,12H,3-4H2,1-2H3. The summed E-state index contributed by atoms with van der Waals surface area (Å²) in [6, 6.07) is 0. The van der Waals surface area contributed by atoms with Gasteiger partial charge in [0.15, 0.2) is 0 Å². The number of carbonyl (C=O) groups is 1. The van der Waals surface area contributed by atoms with Crippen LogP contribution < -0.4 is 0 Å². The third-order valence-corrected chi connectivity index (χ3v) is 3.20. The Labute approximate surface area is 78.8 Å². The van der Waals surface area contributed by atoms with Gasteiger partial charge in [0.1, 0.15) is 7.85 Å². The molecule has 2 unspecified atom stereocenters. The SMILES string of the molecule is [B]C12CC(O)CN1C(=O)C(C)=C2C. The minimum Gasteiger partial charge on any atom is -0.391 e. The minimum absolute atomic E-state index is 0.0310. The number of hydrogen-bond donors (Lipinski definition) is 1. The van der Waals surface area contributed by atoms with Crippen LogP contribution in [0.15, 0.2) is 11.1 Å². The van der Waals surface area contributed by atoms with E-state index >= 15 is 0 Å². The molecule has 2 aliphatic rings. The third-order valence-electron chi connectivity index (χ3n) is 3.20. The van der Waals surface area contributed by atoms with Gasteiger partial charge in [0.05, 0.1) is 6.10 Å². The maximum absolute atomic E-state index is 11.6. The van der Waals surface area contributed by atoms with Gasteiger partial charge in [0.2, 0.25) is 5.91 Å². The molecular formula is C9H12BNO2. The van der Waals surface area contributed by atoms with Gasteiger partial charge in [0.25, 0.3) is 0 Å². The molecule has 1 fully saturated rings. The van der Waals surface area contributed by atoms with E-state index in [9.17, 15) is 9.90 Å². The van der Waals surface area contributed by atoms with E-state index in [1.165, 1.54) is 0 Å². The Morgan fingerprint density at radius 2 is 2.23 bits per heavy atom. The Kier molecular flexibility index (Phi) is 1.61. The normalized spacial score (nSPS) is 38.8. The number of carbonyl (C=O) groups excluding carboxylic acids is 1. The van der Waals surface area contributed by atoms with Gasteiger partial charge in [-0.1, -0.05) is 0 Å². The highest BCUT2D eigenvalue weighted by atomic mass is 16.3. The Morgan fingerprint density at radius 3 is 2.77 bits per heavy atom. The van der Waals surface area contributed by atoms with Gasteiger partial charge in [-0.25, -0.2) is 0 Å². The summed E-state index contributed by atoms with van der Waals surface area (Å²) in [6.45, 7) is 4.02. The van der Waals surface area contributed by atoms with Crippen LogP contribution in [0.1, 0.15) is 20.3 Å². The molecule has 2 rings (SSSR count). The summed E-state index contributed by atoms with van der Waals surface area (Å²) in [5.41, 5.74) is 0.920. The average molecular weight is 177 g/mol. The molecule has 0 bridgehead atoms. The van der Waals surface area contributed by atoms with Crippen LogP contribution in [0.4, 0.5) is 0 Å². The first kappa shape index (κ1) is 8.82. The molecule has 2 atom stereocenters. The molecule has 1 saturated heterocycles. The molecule has 68 valence electrons. The molecule has 1 N–H and O–H groups in total. The largest absolute Gasteiger partial charge is 0.391 e. The lowest BCUT2D eigenvalue weighted by atomic mass is 9.71. The maximum atomic E-state index is 11.6. The van der Waals surface area contributed by atoms with Crippen molar-refractivity contribution in [3.8, 4) is 0 Å². The highest BCUT2D eigenvalue weighted by Gasteiger charge is 2.49. The van der Waals surface area contributed by atoms with Crippen molar-refractivity contribution < 1.29 is 9.90 Å². The predicted molar refractivity (Wildman–Crippen MR) is 49.2 cm³/mol. The summed E-state index contributed by atoms with van der Waals surface area (Å²) in [5, 5.41) is 9.43. The minimum atomic E-state index is -0.708. The van der Waals surface area contributed by atoms with Gasteiger partial charge in [-0.15, -0.1) is 0 Å². The van der Waals surface area contributed by atoms with Gasteiger partial charge in [0, 0.05) is 17.6 Å². The molecule has 0 spiro atoms. The Morgan fingerprint density at radius 1 is 1.62 bits per heavy atom. The molecule has 0 saturated carbocycles. The van der Waals surface area contributed by atoms with Crippen LogP contribution in [0.25, 0.3) is 0 Å². The lowest BCUT2D eigenvalue weighted by Crippen LogP contribution is -2.43. The average Bonchev–Trinajstić information content (AvgIpc) is 2.44. The fourth-order valence-corrected chi connectivity index (χ4v) is 2.21. The second-order valence-electron chi connectivity index (χ2n) is 3.95. The molecule has 13 heavy (non-hydrogen) atoms. The highest BCUT2D eigenvalue weighted by molar-refractivity contribution is 6.22. The van der Waals surface area contributed by atoms with Crippen LogP contribution in [-0.4, -0.2) is 41.8 Å². The molecule has 2 heterocycles. The Hall–Kier alpha value is -0.765. The van der Waals surface area contributed by atoms with Crippen molar-refractivity contribution in [1.29, 1.82) is 0 Å². The van der Waals surface area contributed by atoms with Crippen molar-refractivity contribution in [2.45, 2.75) is 31.8 Å². The van der Waals surface area contributed by atoms with E-state index in [-0.39, 0.29) is 5.91 Å². The van der Waals surface area contributed by atoms with Crippen molar-refractivity contribution in [3.63, 3.8) is 0 Å². The van der Waals surface area contributed by atoms with Crippen molar-refractivity contribution in [1.82, 2.24) is 4.90 Å². The van der Waals surface area contributed by atoms with E-state index in [4.69, 9.17) is 7.85 Å². The van der Waals surface area contributed by atoms with E-state index in [0.717, 1.165) is 11.1 Å². The molecular weight excluding hydrogens is 165 g/mol. The van der Waals surface area contributed by atoms with Gasteiger partial charge in [-0.2, -0.15) is 0 Å². The zero-order chi connectivity index (χ0) is 9.80. The third kappa shape index (κ3) is 0.922. The van der Waals surface area contributed by atoms with Crippen LogP contribution in [0, 0.1) is 0 Å². The summed E-state index contributed by atoms with van der Waals surface area (Å²) in [6.07, 6.45) is -0.0148. The second-order valence-corrected chi connectivity index (χ2v) is 3.95.